The molecule has 1 N–H and O–H groups in total. The van der Waals surface area contributed by atoms with Gasteiger partial charge in [-0.1, -0.05) is 19.3 Å². The average Bonchev–Trinajstić information content (AvgIpc) is 2.25. The summed E-state index contributed by atoms with van der Waals surface area (Å²) in [5.41, 5.74) is 1.14. The molecule has 3 heteroatoms. The van der Waals surface area contributed by atoms with Gasteiger partial charge in [-0.05, 0) is 26.7 Å². The molecule has 0 aromatic carbocycles. The molecular formula is C12H19N3. The van der Waals surface area contributed by atoms with Gasteiger partial charge in [-0.3, -0.25) is 0 Å². The molecule has 0 spiro atoms. The van der Waals surface area contributed by atoms with Crippen molar-refractivity contribution in [2.24, 2.45) is 0 Å². The van der Waals surface area contributed by atoms with Gasteiger partial charge < -0.3 is 5.32 Å². The van der Waals surface area contributed by atoms with E-state index < -0.39 is 0 Å². The van der Waals surface area contributed by atoms with E-state index in [-0.39, 0.29) is 0 Å². The smallest absolute Gasteiger partial charge is 0.132 e. The topological polar surface area (TPSA) is 37.8 Å². The van der Waals surface area contributed by atoms with Crippen LogP contribution in [0, 0.1) is 13.8 Å². The average molecular weight is 205 g/mol. The maximum absolute atomic E-state index is 4.44. The van der Waals surface area contributed by atoms with Crippen molar-refractivity contribution in [2.45, 2.75) is 52.0 Å². The van der Waals surface area contributed by atoms with Crippen LogP contribution in [0.1, 0.15) is 43.5 Å². The van der Waals surface area contributed by atoms with Gasteiger partial charge in [-0.15, -0.1) is 0 Å². The van der Waals surface area contributed by atoms with E-state index in [4.69, 9.17) is 0 Å². The Hall–Kier alpha value is -1.12. The number of aryl methyl sites for hydroxylation is 2. The first-order valence-corrected chi connectivity index (χ1v) is 5.82. The van der Waals surface area contributed by atoms with Crippen molar-refractivity contribution in [3.8, 4) is 0 Å². The summed E-state index contributed by atoms with van der Waals surface area (Å²) in [5, 5.41) is 3.54. The highest BCUT2D eigenvalue weighted by Crippen LogP contribution is 2.21. The standard InChI is InChI=1S/C12H19N3/c1-9-8-13-10(2)14-12(9)15-11-6-4-3-5-7-11/h8,11H,3-7H2,1-2H3,(H,13,14,15). The van der Waals surface area contributed by atoms with Gasteiger partial charge in [0.25, 0.3) is 0 Å². The van der Waals surface area contributed by atoms with Gasteiger partial charge in [0.1, 0.15) is 11.6 Å². The largest absolute Gasteiger partial charge is 0.367 e. The zero-order valence-electron chi connectivity index (χ0n) is 9.58. The van der Waals surface area contributed by atoms with E-state index >= 15 is 0 Å². The molecule has 0 bridgehead atoms. The summed E-state index contributed by atoms with van der Waals surface area (Å²) in [6, 6.07) is 0.617. The van der Waals surface area contributed by atoms with Crippen LogP contribution in [-0.4, -0.2) is 16.0 Å². The van der Waals surface area contributed by atoms with Gasteiger partial charge in [0.05, 0.1) is 0 Å². The van der Waals surface area contributed by atoms with E-state index in [1.165, 1.54) is 32.1 Å². The Morgan fingerprint density at radius 1 is 1.20 bits per heavy atom. The summed E-state index contributed by atoms with van der Waals surface area (Å²) in [4.78, 5) is 8.63. The van der Waals surface area contributed by atoms with E-state index in [1.807, 2.05) is 13.1 Å². The fourth-order valence-corrected chi connectivity index (χ4v) is 2.12. The second-order valence-electron chi connectivity index (χ2n) is 4.43. The SMILES string of the molecule is Cc1ncc(C)c(NC2CCCCC2)n1. The summed E-state index contributed by atoms with van der Waals surface area (Å²) in [6.45, 7) is 4.00. The van der Waals surface area contributed by atoms with Crippen LogP contribution in [0.4, 0.5) is 5.82 Å². The highest BCUT2D eigenvalue weighted by Gasteiger charge is 2.14. The predicted molar refractivity (Wildman–Crippen MR) is 62.0 cm³/mol. The fourth-order valence-electron chi connectivity index (χ4n) is 2.12. The molecule has 82 valence electrons. The maximum Gasteiger partial charge on any atom is 0.132 e. The molecule has 1 aliphatic rings. The van der Waals surface area contributed by atoms with E-state index in [0.717, 1.165) is 17.2 Å². The van der Waals surface area contributed by atoms with Crippen molar-refractivity contribution in [1.29, 1.82) is 0 Å². The molecule has 0 radical (unpaired) electrons. The lowest BCUT2D eigenvalue weighted by Crippen LogP contribution is -2.23. The summed E-state index contributed by atoms with van der Waals surface area (Å²) >= 11 is 0. The summed E-state index contributed by atoms with van der Waals surface area (Å²) in [7, 11) is 0. The van der Waals surface area contributed by atoms with Crippen LogP contribution < -0.4 is 5.32 Å². The van der Waals surface area contributed by atoms with Crippen LogP contribution in [0.2, 0.25) is 0 Å². The molecule has 0 aliphatic heterocycles. The van der Waals surface area contributed by atoms with Crippen LogP contribution in [-0.2, 0) is 0 Å². The van der Waals surface area contributed by atoms with Gasteiger partial charge >= 0.3 is 0 Å². The van der Waals surface area contributed by atoms with Crippen LogP contribution in [0.5, 0.6) is 0 Å². The van der Waals surface area contributed by atoms with Crippen LogP contribution in [0.3, 0.4) is 0 Å². The number of aromatic nitrogens is 2. The number of hydrogen-bond donors (Lipinski definition) is 1. The monoisotopic (exact) mass is 205 g/mol. The molecule has 1 aliphatic carbocycles. The minimum atomic E-state index is 0.617. The number of nitrogens with zero attached hydrogens (tertiary/aromatic N) is 2. The van der Waals surface area contributed by atoms with E-state index in [9.17, 15) is 0 Å². The number of hydrogen-bond acceptors (Lipinski definition) is 3. The van der Waals surface area contributed by atoms with Gasteiger partial charge in [-0.25, -0.2) is 9.97 Å². The lowest BCUT2D eigenvalue weighted by molar-refractivity contribution is 0.461. The highest BCUT2D eigenvalue weighted by molar-refractivity contribution is 5.42. The lowest BCUT2D eigenvalue weighted by atomic mass is 9.95. The van der Waals surface area contributed by atoms with Crippen molar-refractivity contribution in [3.63, 3.8) is 0 Å². The van der Waals surface area contributed by atoms with Gasteiger partial charge in [-0.2, -0.15) is 0 Å². The van der Waals surface area contributed by atoms with E-state index in [0.29, 0.717) is 6.04 Å². The van der Waals surface area contributed by atoms with Crippen LogP contribution in [0.25, 0.3) is 0 Å². The van der Waals surface area contributed by atoms with Crippen molar-refractivity contribution >= 4 is 5.82 Å². The predicted octanol–water partition coefficient (Wildman–Crippen LogP) is 2.84. The number of anilines is 1. The molecule has 0 saturated heterocycles. The number of rotatable bonds is 2. The van der Waals surface area contributed by atoms with Gasteiger partial charge in [0.2, 0.25) is 0 Å². The summed E-state index contributed by atoms with van der Waals surface area (Å²) in [5.74, 6) is 1.87. The van der Waals surface area contributed by atoms with Crippen molar-refractivity contribution in [3.05, 3.63) is 17.6 Å². The molecule has 2 rings (SSSR count). The van der Waals surface area contributed by atoms with Crippen LogP contribution >= 0.6 is 0 Å². The number of nitrogens with one attached hydrogen (secondary N) is 1. The lowest BCUT2D eigenvalue weighted by Gasteiger charge is -2.24. The van der Waals surface area contributed by atoms with Crippen molar-refractivity contribution < 1.29 is 0 Å². The molecule has 1 heterocycles. The Balaban J connectivity index is 2.05. The molecule has 0 atom stereocenters. The van der Waals surface area contributed by atoms with Gasteiger partial charge in [0.15, 0.2) is 0 Å². The van der Waals surface area contributed by atoms with E-state index in [2.05, 4.69) is 22.2 Å². The Kier molecular flexibility index (Phi) is 3.19. The third-order valence-electron chi connectivity index (χ3n) is 3.04. The molecular weight excluding hydrogens is 186 g/mol. The summed E-state index contributed by atoms with van der Waals surface area (Å²) in [6.07, 6.45) is 8.54. The second-order valence-corrected chi connectivity index (χ2v) is 4.43. The minimum absolute atomic E-state index is 0.617. The Morgan fingerprint density at radius 3 is 2.67 bits per heavy atom. The first-order valence-electron chi connectivity index (χ1n) is 5.82. The van der Waals surface area contributed by atoms with E-state index in [1.54, 1.807) is 0 Å². The van der Waals surface area contributed by atoms with Crippen molar-refractivity contribution in [1.82, 2.24) is 9.97 Å². The third kappa shape index (κ3) is 2.67. The quantitative estimate of drug-likeness (QED) is 0.806. The molecule has 0 amide bonds. The third-order valence-corrected chi connectivity index (χ3v) is 3.04. The molecule has 3 nitrogen and oxygen atoms in total. The second kappa shape index (κ2) is 4.60. The molecule has 1 saturated carbocycles. The zero-order valence-corrected chi connectivity index (χ0v) is 9.58. The molecule has 1 aromatic rings. The molecule has 1 fully saturated rings. The molecule has 0 unspecified atom stereocenters. The zero-order chi connectivity index (χ0) is 10.7. The molecule has 1 aromatic heterocycles. The van der Waals surface area contributed by atoms with Crippen molar-refractivity contribution in [2.75, 3.05) is 5.32 Å². The Morgan fingerprint density at radius 2 is 1.93 bits per heavy atom. The Bertz CT molecular complexity index is 330. The minimum Gasteiger partial charge on any atom is -0.367 e. The first-order chi connectivity index (χ1) is 7.25. The maximum atomic E-state index is 4.44. The van der Waals surface area contributed by atoms with Crippen LogP contribution in [0.15, 0.2) is 6.20 Å². The molecule has 15 heavy (non-hydrogen) atoms. The Labute approximate surface area is 91.3 Å². The fraction of sp³-hybridized carbons (Fsp3) is 0.667. The van der Waals surface area contributed by atoms with Gasteiger partial charge in [0, 0.05) is 17.8 Å². The summed E-state index contributed by atoms with van der Waals surface area (Å²) < 4.78 is 0. The normalized spacial score (nSPS) is 17.7. The highest BCUT2D eigenvalue weighted by atomic mass is 15.0. The first kappa shape index (κ1) is 10.4.